The minimum atomic E-state index is -1.66. The number of carboxylic acids is 1. The van der Waals surface area contributed by atoms with Crippen LogP contribution in [-0.2, 0) is 4.79 Å². The second-order valence-electron chi connectivity index (χ2n) is 2.94. The molecule has 0 aromatic heterocycles. The quantitative estimate of drug-likeness (QED) is 0.798. The lowest BCUT2D eigenvalue weighted by Gasteiger charge is -2.09. The van der Waals surface area contributed by atoms with Crippen LogP contribution in [0.3, 0.4) is 0 Å². The highest BCUT2D eigenvalue weighted by Crippen LogP contribution is 2.42. The largest absolute Gasteiger partial charge is 0.479 e. The minimum Gasteiger partial charge on any atom is -0.479 e. The monoisotopic (exact) mass is 230 g/mol. The maximum absolute atomic E-state index is 10.6. The smallest absolute Gasteiger partial charge is 0.337 e. The van der Waals surface area contributed by atoms with Crippen LogP contribution in [-0.4, -0.2) is 23.0 Å². The third-order valence-corrected chi connectivity index (χ3v) is 2.43. The van der Waals surface area contributed by atoms with E-state index in [9.17, 15) is 9.90 Å². The third kappa shape index (κ3) is 1.60. The minimum absolute atomic E-state index is 0.0433. The summed E-state index contributed by atoms with van der Waals surface area (Å²) < 4.78 is 10.1. The summed E-state index contributed by atoms with van der Waals surface area (Å²) in [6, 6.07) is 2.91. The lowest BCUT2D eigenvalue weighted by atomic mass is 10.1. The van der Waals surface area contributed by atoms with Crippen LogP contribution < -0.4 is 9.47 Å². The molecule has 0 spiro atoms. The van der Waals surface area contributed by atoms with Gasteiger partial charge in [-0.15, -0.1) is 0 Å². The number of benzene rings is 1. The van der Waals surface area contributed by atoms with Crippen molar-refractivity contribution in [2.24, 2.45) is 0 Å². The number of aliphatic hydroxyl groups is 1. The maximum Gasteiger partial charge on any atom is 0.337 e. The summed E-state index contributed by atoms with van der Waals surface area (Å²) in [6.45, 7) is 0.0433. The van der Waals surface area contributed by atoms with Crippen LogP contribution in [0.15, 0.2) is 12.1 Å². The van der Waals surface area contributed by atoms with Crippen molar-refractivity contribution in [3.63, 3.8) is 0 Å². The first-order valence-corrected chi connectivity index (χ1v) is 4.48. The van der Waals surface area contributed by atoms with Gasteiger partial charge < -0.3 is 19.7 Å². The van der Waals surface area contributed by atoms with E-state index in [1.165, 1.54) is 12.1 Å². The molecule has 1 unspecified atom stereocenters. The Balaban J connectivity index is 2.46. The zero-order valence-corrected chi connectivity index (χ0v) is 8.19. The summed E-state index contributed by atoms with van der Waals surface area (Å²) in [5.74, 6) is -0.647. The molecule has 1 aromatic rings. The number of halogens is 1. The fourth-order valence-corrected chi connectivity index (χ4v) is 1.61. The second kappa shape index (κ2) is 3.60. The number of hydrogen-bond acceptors (Lipinski definition) is 4. The van der Waals surface area contributed by atoms with Crippen LogP contribution >= 0.6 is 11.6 Å². The number of carbonyl (C=O) groups is 1. The standard InChI is InChI=1S/C9H7ClO5/c10-6-4(7(11)9(12)13)1-2-5-8(6)15-3-14-5/h1-2,7,11H,3H2,(H,12,13). The van der Waals surface area contributed by atoms with Gasteiger partial charge in [0.15, 0.2) is 17.6 Å². The van der Waals surface area contributed by atoms with Gasteiger partial charge in [0.05, 0.1) is 5.02 Å². The molecule has 0 fully saturated rings. The number of rotatable bonds is 2. The van der Waals surface area contributed by atoms with Crippen LogP contribution in [0.25, 0.3) is 0 Å². The van der Waals surface area contributed by atoms with Crippen LogP contribution in [0.5, 0.6) is 11.5 Å². The highest BCUT2D eigenvalue weighted by Gasteiger charge is 2.25. The summed E-state index contributed by atoms with van der Waals surface area (Å²) in [5.41, 5.74) is 0.0911. The van der Waals surface area contributed by atoms with E-state index in [4.69, 9.17) is 26.2 Å². The average Bonchev–Trinajstić information content (AvgIpc) is 2.66. The Kier molecular flexibility index (Phi) is 2.42. The predicted octanol–water partition coefficient (Wildman–Crippen LogP) is 1.19. The first-order valence-electron chi connectivity index (χ1n) is 4.10. The highest BCUT2D eigenvalue weighted by molar-refractivity contribution is 6.33. The van der Waals surface area contributed by atoms with Gasteiger partial charge in [-0.2, -0.15) is 0 Å². The van der Waals surface area contributed by atoms with Crippen molar-refractivity contribution in [3.05, 3.63) is 22.7 Å². The molecule has 6 heteroatoms. The molecule has 0 radical (unpaired) electrons. The molecule has 1 aliphatic rings. The van der Waals surface area contributed by atoms with E-state index in [0.717, 1.165) is 0 Å². The van der Waals surface area contributed by atoms with Gasteiger partial charge >= 0.3 is 5.97 Å². The second-order valence-corrected chi connectivity index (χ2v) is 3.32. The Morgan fingerprint density at radius 2 is 2.20 bits per heavy atom. The molecule has 1 atom stereocenters. The Hall–Kier alpha value is -1.46. The Bertz CT molecular complexity index is 417. The third-order valence-electron chi connectivity index (χ3n) is 2.04. The highest BCUT2D eigenvalue weighted by atomic mass is 35.5. The molecule has 1 aromatic carbocycles. The molecule has 0 bridgehead atoms. The predicted molar refractivity (Wildman–Crippen MR) is 50.2 cm³/mol. The Morgan fingerprint density at radius 3 is 2.87 bits per heavy atom. The first kappa shape index (κ1) is 10.1. The number of carboxylic acid groups (broad SMARTS) is 1. The van der Waals surface area contributed by atoms with Crippen molar-refractivity contribution in [1.29, 1.82) is 0 Å². The number of fused-ring (bicyclic) bond motifs is 1. The fraction of sp³-hybridized carbons (Fsp3) is 0.222. The lowest BCUT2D eigenvalue weighted by molar-refractivity contribution is -0.146. The molecule has 1 aliphatic heterocycles. The van der Waals surface area contributed by atoms with Crippen molar-refractivity contribution in [1.82, 2.24) is 0 Å². The first-order chi connectivity index (χ1) is 7.11. The molecule has 0 amide bonds. The van der Waals surface area contributed by atoms with Gasteiger partial charge in [0.1, 0.15) is 0 Å². The summed E-state index contributed by atoms with van der Waals surface area (Å²) >= 11 is 5.86. The van der Waals surface area contributed by atoms with Gasteiger partial charge in [-0.1, -0.05) is 17.7 Å². The van der Waals surface area contributed by atoms with Crippen molar-refractivity contribution in [2.45, 2.75) is 6.10 Å². The summed E-state index contributed by atoms with van der Waals surface area (Å²) in [6.07, 6.45) is -1.66. The molecule has 1 heterocycles. The topological polar surface area (TPSA) is 76.0 Å². The molecular weight excluding hydrogens is 224 g/mol. The van der Waals surface area contributed by atoms with E-state index >= 15 is 0 Å². The molecular formula is C9H7ClO5. The van der Waals surface area contributed by atoms with Crippen molar-refractivity contribution >= 4 is 17.6 Å². The van der Waals surface area contributed by atoms with Crippen LogP contribution in [0.4, 0.5) is 0 Å². The van der Waals surface area contributed by atoms with Gasteiger partial charge in [0, 0.05) is 5.56 Å². The van der Waals surface area contributed by atoms with Crippen LogP contribution in [0.2, 0.25) is 5.02 Å². The van der Waals surface area contributed by atoms with E-state index in [-0.39, 0.29) is 23.1 Å². The molecule has 2 N–H and O–H groups in total. The van der Waals surface area contributed by atoms with Gasteiger partial charge in [-0.3, -0.25) is 0 Å². The molecule has 80 valence electrons. The van der Waals surface area contributed by atoms with Gasteiger partial charge in [-0.05, 0) is 6.07 Å². The van der Waals surface area contributed by atoms with Gasteiger partial charge in [0.2, 0.25) is 6.79 Å². The normalized spacial score (nSPS) is 15.1. The van der Waals surface area contributed by atoms with Crippen molar-refractivity contribution < 1.29 is 24.5 Å². The van der Waals surface area contributed by atoms with E-state index < -0.39 is 12.1 Å². The number of aliphatic carboxylic acids is 1. The SMILES string of the molecule is O=C(O)C(O)c1ccc2c(c1Cl)OCO2. The van der Waals surface area contributed by atoms with E-state index in [1.807, 2.05) is 0 Å². The lowest BCUT2D eigenvalue weighted by Crippen LogP contribution is -2.10. The zero-order chi connectivity index (χ0) is 11.0. The van der Waals surface area contributed by atoms with Gasteiger partial charge in [-0.25, -0.2) is 4.79 Å². The van der Waals surface area contributed by atoms with E-state index in [0.29, 0.717) is 5.75 Å². The molecule has 2 rings (SSSR count). The van der Waals surface area contributed by atoms with Gasteiger partial charge in [0.25, 0.3) is 0 Å². The van der Waals surface area contributed by atoms with Crippen LogP contribution in [0.1, 0.15) is 11.7 Å². The molecule has 0 saturated heterocycles. The average molecular weight is 231 g/mol. The molecule has 15 heavy (non-hydrogen) atoms. The summed E-state index contributed by atoms with van der Waals surface area (Å²) in [5, 5.41) is 18.0. The Labute approximate surface area is 89.8 Å². The Morgan fingerprint density at radius 1 is 1.47 bits per heavy atom. The van der Waals surface area contributed by atoms with Crippen molar-refractivity contribution in [3.8, 4) is 11.5 Å². The number of ether oxygens (including phenoxy) is 2. The molecule has 5 nitrogen and oxygen atoms in total. The summed E-state index contributed by atoms with van der Waals surface area (Å²) in [4.78, 5) is 10.6. The number of hydrogen-bond donors (Lipinski definition) is 2. The number of aliphatic hydroxyl groups excluding tert-OH is 1. The summed E-state index contributed by atoms with van der Waals surface area (Å²) in [7, 11) is 0. The van der Waals surface area contributed by atoms with Crippen LogP contribution in [0, 0.1) is 0 Å². The zero-order valence-electron chi connectivity index (χ0n) is 7.44. The maximum atomic E-state index is 10.6. The van der Waals surface area contributed by atoms with E-state index in [2.05, 4.69) is 0 Å². The molecule has 0 aliphatic carbocycles. The fourth-order valence-electron chi connectivity index (χ4n) is 1.30. The van der Waals surface area contributed by atoms with Crippen molar-refractivity contribution in [2.75, 3.05) is 6.79 Å². The molecule has 0 saturated carbocycles. The van der Waals surface area contributed by atoms with E-state index in [1.54, 1.807) is 0 Å².